The van der Waals surface area contributed by atoms with Crippen LogP contribution in [-0.4, -0.2) is 19.1 Å². The molecule has 12 aromatic rings. The maximum Gasteiger partial charge on any atom is 0.235 e. The topological polar surface area (TPSA) is 35.6 Å². The lowest BCUT2D eigenvalue weighted by Gasteiger charge is -2.11. The molecule has 0 unspecified atom stereocenters. The van der Waals surface area contributed by atoms with Crippen LogP contribution in [0.3, 0.4) is 0 Å². The summed E-state index contributed by atoms with van der Waals surface area (Å²) in [6, 6.07) is 67.5. The molecule has 4 nitrogen and oxygen atoms in total. The minimum Gasteiger partial charge on any atom is -0.309 e. The normalized spacial score (nSPS) is 11.9. The Morgan fingerprint density at radius 1 is 0.386 bits per heavy atom. The Morgan fingerprint density at radius 2 is 0.982 bits per heavy atom. The van der Waals surface area contributed by atoms with Crippen LogP contribution in [0, 0.1) is 0 Å². The molecule has 0 fully saturated rings. The molecule has 8 aromatic carbocycles. The number of nitrogens with zero attached hydrogens (tertiary/aromatic N) is 4. The Hall–Kier alpha value is -7.34. The SMILES string of the molecule is c1ccc(-c2csc3c(-c4ccccc4)nc(-n4c5ccc(-c6ccc7c8ccccc8n(-c8ccccc8)c7c6)cc5c5cc6ccccc6cc54)nc23)cc1. The Bertz CT molecular complexity index is 3510. The van der Waals surface area contributed by atoms with Gasteiger partial charge in [-0.05, 0) is 76.0 Å². The van der Waals surface area contributed by atoms with E-state index in [-0.39, 0.29) is 0 Å². The molecule has 5 heteroatoms. The third kappa shape index (κ3) is 4.99. The van der Waals surface area contributed by atoms with Crippen LogP contribution in [0.15, 0.2) is 193 Å². The number of hydrogen-bond donors (Lipinski definition) is 0. The van der Waals surface area contributed by atoms with Crippen LogP contribution in [0.2, 0.25) is 0 Å². The Kier molecular flexibility index (Phi) is 7.06. The van der Waals surface area contributed by atoms with Gasteiger partial charge in [-0.2, -0.15) is 0 Å². The van der Waals surface area contributed by atoms with Crippen molar-refractivity contribution in [3.8, 4) is 45.1 Å². The summed E-state index contributed by atoms with van der Waals surface area (Å²) in [4.78, 5) is 10.9. The first-order valence-corrected chi connectivity index (χ1v) is 20.1. The lowest BCUT2D eigenvalue weighted by molar-refractivity contribution is 1.02. The average molecular weight is 745 g/mol. The van der Waals surface area contributed by atoms with Gasteiger partial charge in [0, 0.05) is 43.7 Å². The van der Waals surface area contributed by atoms with E-state index in [1.54, 1.807) is 11.3 Å². The fourth-order valence-corrected chi connectivity index (χ4v) is 9.75. The van der Waals surface area contributed by atoms with Gasteiger partial charge in [-0.1, -0.05) is 140 Å². The third-order valence-electron chi connectivity index (χ3n) is 11.4. The molecule has 0 amide bonds. The van der Waals surface area contributed by atoms with Crippen molar-refractivity contribution < 1.29 is 0 Å². The molecular weight excluding hydrogens is 713 g/mol. The maximum absolute atomic E-state index is 5.45. The lowest BCUT2D eigenvalue weighted by atomic mass is 10.0. The minimum absolute atomic E-state index is 0.661. The van der Waals surface area contributed by atoms with E-state index in [9.17, 15) is 0 Å². The fourth-order valence-electron chi connectivity index (χ4n) is 8.73. The zero-order valence-electron chi connectivity index (χ0n) is 30.7. The highest BCUT2D eigenvalue weighted by Crippen LogP contribution is 2.42. The maximum atomic E-state index is 5.45. The molecule has 57 heavy (non-hydrogen) atoms. The fraction of sp³-hybridized carbons (Fsp3) is 0. The molecule has 12 rings (SSSR count). The second-order valence-electron chi connectivity index (χ2n) is 14.6. The van der Waals surface area contributed by atoms with Crippen molar-refractivity contribution in [2.24, 2.45) is 0 Å². The summed E-state index contributed by atoms with van der Waals surface area (Å²) in [6.07, 6.45) is 0. The summed E-state index contributed by atoms with van der Waals surface area (Å²) < 4.78 is 5.74. The predicted octanol–water partition coefficient (Wildman–Crippen LogP) is 14.0. The van der Waals surface area contributed by atoms with Crippen LogP contribution in [-0.2, 0) is 0 Å². The molecular formula is C52H32N4S. The number of para-hydroxylation sites is 2. The summed E-state index contributed by atoms with van der Waals surface area (Å²) in [5, 5.41) is 9.43. The van der Waals surface area contributed by atoms with Gasteiger partial charge in [0.25, 0.3) is 0 Å². The molecule has 0 saturated heterocycles. The first-order chi connectivity index (χ1) is 28.3. The van der Waals surface area contributed by atoms with Gasteiger partial charge in [0.1, 0.15) is 0 Å². The van der Waals surface area contributed by atoms with Gasteiger partial charge in [-0.3, -0.25) is 4.57 Å². The van der Waals surface area contributed by atoms with Crippen molar-refractivity contribution in [3.05, 3.63) is 193 Å². The first kappa shape index (κ1) is 32.0. The van der Waals surface area contributed by atoms with E-state index in [1.807, 2.05) is 0 Å². The van der Waals surface area contributed by atoms with Crippen LogP contribution in [0.4, 0.5) is 0 Å². The predicted molar refractivity (Wildman–Crippen MR) is 240 cm³/mol. The molecule has 4 aromatic heterocycles. The molecule has 0 aliphatic heterocycles. The van der Waals surface area contributed by atoms with E-state index in [1.165, 1.54) is 43.5 Å². The molecule has 4 heterocycles. The summed E-state index contributed by atoms with van der Waals surface area (Å²) in [5.74, 6) is 0.661. The summed E-state index contributed by atoms with van der Waals surface area (Å²) in [6.45, 7) is 0. The Morgan fingerprint density at radius 3 is 1.79 bits per heavy atom. The summed E-state index contributed by atoms with van der Waals surface area (Å²) in [5.41, 5.74) is 13.3. The van der Waals surface area contributed by atoms with Gasteiger partial charge >= 0.3 is 0 Å². The molecule has 0 saturated carbocycles. The lowest BCUT2D eigenvalue weighted by Crippen LogP contribution is -2.03. The average Bonchev–Trinajstić information content (AvgIpc) is 3.95. The van der Waals surface area contributed by atoms with Crippen LogP contribution < -0.4 is 0 Å². The number of benzene rings is 8. The van der Waals surface area contributed by atoms with Crippen molar-refractivity contribution in [1.82, 2.24) is 19.1 Å². The molecule has 0 N–H and O–H groups in total. The Balaban J connectivity index is 1.12. The van der Waals surface area contributed by atoms with Gasteiger partial charge in [0.15, 0.2) is 0 Å². The second kappa shape index (κ2) is 12.6. The number of hydrogen-bond acceptors (Lipinski definition) is 3. The van der Waals surface area contributed by atoms with E-state index in [4.69, 9.17) is 9.97 Å². The van der Waals surface area contributed by atoms with Gasteiger partial charge in [0.2, 0.25) is 5.95 Å². The van der Waals surface area contributed by atoms with Crippen LogP contribution in [0.25, 0.3) is 110 Å². The van der Waals surface area contributed by atoms with Gasteiger partial charge in [0.05, 0.1) is 38.0 Å². The number of rotatable bonds is 5. The number of thiophene rings is 1. The van der Waals surface area contributed by atoms with Crippen molar-refractivity contribution >= 4 is 75.9 Å². The van der Waals surface area contributed by atoms with Gasteiger partial charge in [-0.15, -0.1) is 11.3 Å². The van der Waals surface area contributed by atoms with E-state index in [2.05, 4.69) is 203 Å². The highest BCUT2D eigenvalue weighted by molar-refractivity contribution is 7.18. The highest BCUT2D eigenvalue weighted by atomic mass is 32.1. The standard InChI is InChI=1S/C52H32N4S/c1-4-14-33(15-5-1)44-32-57-51-49(34-16-6-2-7-17-34)53-52(54-50(44)51)56-46-27-25-37(29-42(46)43-28-35-18-10-11-19-36(35)30-48(43)56)38-24-26-41-40-22-12-13-23-45(40)55(47(41)31-38)39-20-8-3-9-21-39/h1-32H. The van der Waals surface area contributed by atoms with Crippen LogP contribution >= 0.6 is 11.3 Å². The molecule has 266 valence electrons. The minimum atomic E-state index is 0.661. The van der Waals surface area contributed by atoms with Gasteiger partial charge < -0.3 is 4.57 Å². The second-order valence-corrected chi connectivity index (χ2v) is 15.5. The summed E-state index contributed by atoms with van der Waals surface area (Å²) >= 11 is 1.71. The zero-order chi connectivity index (χ0) is 37.5. The van der Waals surface area contributed by atoms with Crippen molar-refractivity contribution in [1.29, 1.82) is 0 Å². The first-order valence-electron chi connectivity index (χ1n) is 19.2. The van der Waals surface area contributed by atoms with Crippen molar-refractivity contribution in [2.45, 2.75) is 0 Å². The third-order valence-corrected chi connectivity index (χ3v) is 12.4. The van der Waals surface area contributed by atoms with Crippen LogP contribution in [0.1, 0.15) is 0 Å². The van der Waals surface area contributed by atoms with Gasteiger partial charge in [-0.25, -0.2) is 9.97 Å². The highest BCUT2D eigenvalue weighted by Gasteiger charge is 2.22. The number of fused-ring (bicyclic) bond motifs is 8. The Labute approximate surface area is 332 Å². The monoisotopic (exact) mass is 744 g/mol. The number of aromatic nitrogens is 4. The van der Waals surface area contributed by atoms with Crippen LogP contribution in [0.5, 0.6) is 0 Å². The molecule has 0 aliphatic rings. The van der Waals surface area contributed by atoms with E-state index in [0.717, 1.165) is 60.3 Å². The van der Waals surface area contributed by atoms with E-state index >= 15 is 0 Å². The molecule has 0 atom stereocenters. The van der Waals surface area contributed by atoms with E-state index in [0.29, 0.717) is 5.95 Å². The zero-order valence-corrected chi connectivity index (χ0v) is 31.5. The summed E-state index contributed by atoms with van der Waals surface area (Å²) in [7, 11) is 0. The quantitative estimate of drug-likeness (QED) is 0.176. The molecule has 0 bridgehead atoms. The van der Waals surface area contributed by atoms with Crippen molar-refractivity contribution in [3.63, 3.8) is 0 Å². The van der Waals surface area contributed by atoms with E-state index < -0.39 is 0 Å². The molecule has 0 spiro atoms. The smallest absolute Gasteiger partial charge is 0.235 e. The molecule has 0 aliphatic carbocycles. The van der Waals surface area contributed by atoms with Crippen molar-refractivity contribution in [2.75, 3.05) is 0 Å². The molecule has 0 radical (unpaired) electrons. The largest absolute Gasteiger partial charge is 0.309 e.